The molecule has 0 spiro atoms. The average molecular weight is 471 g/mol. The number of carbonyl (C=O) groups excluding carboxylic acids is 2. The first-order valence-corrected chi connectivity index (χ1v) is 11.1. The Balaban J connectivity index is 1.85. The topological polar surface area (TPSA) is 90.6 Å². The molecular formula is C24H23ClN2O4S. The lowest BCUT2D eigenvalue weighted by Gasteiger charge is -2.26. The van der Waals surface area contributed by atoms with Crippen LogP contribution in [0.4, 0.5) is 10.5 Å². The van der Waals surface area contributed by atoms with E-state index in [0.29, 0.717) is 10.7 Å². The van der Waals surface area contributed by atoms with Crippen LogP contribution in [0.15, 0.2) is 83.8 Å². The summed E-state index contributed by atoms with van der Waals surface area (Å²) in [6.07, 6.45) is -0.727. The van der Waals surface area contributed by atoms with Crippen molar-refractivity contribution in [3.8, 4) is 0 Å². The van der Waals surface area contributed by atoms with E-state index < -0.39 is 23.4 Å². The van der Waals surface area contributed by atoms with Crippen LogP contribution in [0.1, 0.15) is 16.4 Å². The Morgan fingerprint density at radius 2 is 1.69 bits per heavy atom. The van der Waals surface area contributed by atoms with Gasteiger partial charge in [0.05, 0.1) is 12.4 Å². The molecular weight excluding hydrogens is 448 g/mol. The standard InChI is InChI=1S/C24H23ClN2O4S/c1-30-23(28)21(27-24(29)31-15-16-8-4-2-5-9-16)22(17-10-6-3-7-11-17)32-20-13-12-18(25)14-19(20)26/h2-14,21-22H,15,26H2,1H3,(H,27,29)/t21-,22?/m0/s1. The Kier molecular flexibility index (Phi) is 8.41. The predicted octanol–water partition coefficient (Wildman–Crippen LogP) is 5.22. The zero-order chi connectivity index (χ0) is 22.9. The molecule has 0 heterocycles. The lowest BCUT2D eigenvalue weighted by Crippen LogP contribution is -2.45. The summed E-state index contributed by atoms with van der Waals surface area (Å²) in [6, 6.07) is 22.7. The van der Waals surface area contributed by atoms with E-state index in [-0.39, 0.29) is 6.61 Å². The number of halogens is 1. The van der Waals surface area contributed by atoms with Gasteiger partial charge in [0, 0.05) is 15.6 Å². The number of thioether (sulfide) groups is 1. The van der Waals surface area contributed by atoms with Gasteiger partial charge in [0.2, 0.25) is 0 Å². The minimum absolute atomic E-state index is 0.0772. The monoisotopic (exact) mass is 470 g/mol. The van der Waals surface area contributed by atoms with Crippen LogP contribution in [0.2, 0.25) is 5.02 Å². The molecule has 2 atom stereocenters. The summed E-state index contributed by atoms with van der Waals surface area (Å²) in [5, 5.41) is 2.64. The lowest BCUT2D eigenvalue weighted by molar-refractivity contribution is -0.143. The van der Waals surface area contributed by atoms with E-state index in [4.69, 9.17) is 26.8 Å². The second-order valence-electron chi connectivity index (χ2n) is 6.84. The summed E-state index contributed by atoms with van der Waals surface area (Å²) >= 11 is 7.35. The van der Waals surface area contributed by atoms with Gasteiger partial charge in [-0.05, 0) is 29.3 Å². The molecule has 0 fully saturated rings. The number of hydrogen-bond acceptors (Lipinski definition) is 6. The summed E-state index contributed by atoms with van der Waals surface area (Å²) in [5.41, 5.74) is 8.25. The number of alkyl carbamates (subject to hydrolysis) is 1. The number of amides is 1. The molecule has 0 saturated carbocycles. The Bertz CT molecular complexity index is 1050. The van der Waals surface area contributed by atoms with Crippen molar-refractivity contribution in [2.75, 3.05) is 12.8 Å². The van der Waals surface area contributed by atoms with E-state index >= 15 is 0 Å². The number of nitrogens with one attached hydrogen (secondary N) is 1. The maximum absolute atomic E-state index is 12.7. The van der Waals surface area contributed by atoms with Crippen molar-refractivity contribution in [3.63, 3.8) is 0 Å². The van der Waals surface area contributed by atoms with Crippen molar-refractivity contribution >= 4 is 41.1 Å². The maximum Gasteiger partial charge on any atom is 0.408 e. The van der Waals surface area contributed by atoms with Crippen molar-refractivity contribution < 1.29 is 19.1 Å². The van der Waals surface area contributed by atoms with Crippen LogP contribution < -0.4 is 11.1 Å². The summed E-state index contributed by atoms with van der Waals surface area (Å²) < 4.78 is 10.3. The number of hydrogen-bond donors (Lipinski definition) is 2. The molecule has 0 aromatic heterocycles. The fourth-order valence-electron chi connectivity index (χ4n) is 3.01. The van der Waals surface area contributed by atoms with Crippen molar-refractivity contribution in [3.05, 3.63) is 95.0 Å². The molecule has 6 nitrogen and oxygen atoms in total. The van der Waals surface area contributed by atoms with Gasteiger partial charge >= 0.3 is 12.1 Å². The normalized spacial score (nSPS) is 12.4. The maximum atomic E-state index is 12.7. The first-order chi connectivity index (χ1) is 15.5. The van der Waals surface area contributed by atoms with Crippen LogP contribution >= 0.6 is 23.4 Å². The number of rotatable bonds is 8. The second kappa shape index (κ2) is 11.5. The number of carbonyl (C=O) groups is 2. The Morgan fingerprint density at radius 1 is 1.03 bits per heavy atom. The van der Waals surface area contributed by atoms with Gasteiger partial charge < -0.3 is 20.5 Å². The molecule has 1 unspecified atom stereocenters. The highest BCUT2D eigenvalue weighted by Gasteiger charge is 2.34. The number of nitrogens with two attached hydrogens (primary N) is 1. The van der Waals surface area contributed by atoms with Crippen molar-refractivity contribution in [1.82, 2.24) is 5.32 Å². The Morgan fingerprint density at radius 3 is 2.31 bits per heavy atom. The van der Waals surface area contributed by atoms with Gasteiger partial charge in [-0.1, -0.05) is 72.3 Å². The van der Waals surface area contributed by atoms with E-state index in [2.05, 4.69) is 5.32 Å². The number of anilines is 1. The Labute approximate surface area is 196 Å². The third-order valence-electron chi connectivity index (χ3n) is 4.60. The van der Waals surface area contributed by atoms with Crippen LogP contribution in [0.25, 0.3) is 0 Å². The molecule has 1 amide bonds. The molecule has 3 rings (SSSR count). The molecule has 0 saturated heterocycles. The quantitative estimate of drug-likeness (QED) is 0.266. The number of benzene rings is 3. The van der Waals surface area contributed by atoms with Gasteiger partial charge in [-0.15, -0.1) is 11.8 Å². The van der Waals surface area contributed by atoms with Crippen LogP contribution in [-0.2, 0) is 20.9 Å². The fraction of sp³-hybridized carbons (Fsp3) is 0.167. The molecule has 166 valence electrons. The average Bonchev–Trinajstić information content (AvgIpc) is 2.82. The molecule has 0 radical (unpaired) electrons. The number of ether oxygens (including phenoxy) is 2. The summed E-state index contributed by atoms with van der Waals surface area (Å²) in [7, 11) is 1.27. The molecule has 3 aromatic rings. The summed E-state index contributed by atoms with van der Waals surface area (Å²) in [6.45, 7) is 0.0772. The summed E-state index contributed by atoms with van der Waals surface area (Å²) in [4.78, 5) is 26.0. The van der Waals surface area contributed by atoms with Crippen molar-refractivity contribution in [1.29, 1.82) is 0 Å². The number of esters is 1. The highest BCUT2D eigenvalue weighted by atomic mass is 35.5. The van der Waals surface area contributed by atoms with E-state index in [1.807, 2.05) is 60.7 Å². The third kappa shape index (κ3) is 6.42. The zero-order valence-electron chi connectivity index (χ0n) is 17.4. The first kappa shape index (κ1) is 23.5. The largest absolute Gasteiger partial charge is 0.467 e. The van der Waals surface area contributed by atoms with E-state index in [9.17, 15) is 9.59 Å². The lowest BCUT2D eigenvalue weighted by atomic mass is 10.1. The van der Waals surface area contributed by atoms with Crippen LogP contribution in [0.3, 0.4) is 0 Å². The highest BCUT2D eigenvalue weighted by Crippen LogP contribution is 2.41. The van der Waals surface area contributed by atoms with Gasteiger partial charge in [-0.3, -0.25) is 0 Å². The molecule has 3 N–H and O–H groups in total. The van der Waals surface area contributed by atoms with Gasteiger partial charge in [-0.25, -0.2) is 9.59 Å². The SMILES string of the molecule is COC(=O)[C@@H](NC(=O)OCc1ccccc1)C(Sc1ccc(Cl)cc1N)c1ccccc1. The van der Waals surface area contributed by atoms with Crippen LogP contribution in [0.5, 0.6) is 0 Å². The van der Waals surface area contributed by atoms with E-state index in [0.717, 1.165) is 16.0 Å². The van der Waals surface area contributed by atoms with Gasteiger partial charge in [0.15, 0.2) is 0 Å². The molecule has 0 aliphatic carbocycles. The predicted molar refractivity (Wildman–Crippen MR) is 126 cm³/mol. The van der Waals surface area contributed by atoms with Crippen LogP contribution in [0, 0.1) is 0 Å². The number of methoxy groups -OCH3 is 1. The molecule has 0 bridgehead atoms. The smallest absolute Gasteiger partial charge is 0.408 e. The fourth-order valence-corrected chi connectivity index (χ4v) is 4.42. The summed E-state index contributed by atoms with van der Waals surface area (Å²) in [5.74, 6) is -0.601. The molecule has 0 aliphatic rings. The Hall–Kier alpha value is -3.16. The minimum atomic E-state index is -1.02. The highest BCUT2D eigenvalue weighted by molar-refractivity contribution is 7.99. The minimum Gasteiger partial charge on any atom is -0.467 e. The van der Waals surface area contributed by atoms with Crippen molar-refractivity contribution in [2.24, 2.45) is 0 Å². The van der Waals surface area contributed by atoms with Gasteiger partial charge in [-0.2, -0.15) is 0 Å². The van der Waals surface area contributed by atoms with Crippen LogP contribution in [-0.4, -0.2) is 25.2 Å². The third-order valence-corrected chi connectivity index (χ3v) is 6.26. The second-order valence-corrected chi connectivity index (χ2v) is 8.46. The van der Waals surface area contributed by atoms with E-state index in [1.165, 1.54) is 18.9 Å². The molecule has 32 heavy (non-hydrogen) atoms. The first-order valence-electron chi connectivity index (χ1n) is 9.79. The van der Waals surface area contributed by atoms with E-state index in [1.54, 1.807) is 18.2 Å². The van der Waals surface area contributed by atoms with Crippen molar-refractivity contribution in [2.45, 2.75) is 22.8 Å². The molecule has 3 aromatic carbocycles. The molecule has 8 heteroatoms. The number of nitrogen functional groups attached to an aromatic ring is 1. The van der Waals surface area contributed by atoms with Gasteiger partial charge in [0.1, 0.15) is 12.6 Å². The molecule has 0 aliphatic heterocycles. The van der Waals surface area contributed by atoms with Gasteiger partial charge in [0.25, 0.3) is 0 Å². The zero-order valence-corrected chi connectivity index (χ0v) is 18.9.